The lowest BCUT2D eigenvalue weighted by Gasteiger charge is -2.36. The van der Waals surface area contributed by atoms with E-state index in [0.717, 1.165) is 44.2 Å². The molecule has 0 saturated carbocycles. The second-order valence-corrected chi connectivity index (χ2v) is 7.43. The molecule has 5 heteroatoms. The Balaban J connectivity index is 1.44. The molecule has 1 fully saturated rings. The molecule has 4 nitrogen and oxygen atoms in total. The molecule has 3 rings (SSSR count). The van der Waals surface area contributed by atoms with E-state index in [1.807, 2.05) is 17.0 Å². The first-order valence-electron chi connectivity index (χ1n) is 9.35. The zero-order chi connectivity index (χ0) is 17.6. The summed E-state index contributed by atoms with van der Waals surface area (Å²) >= 11 is 6.13. The number of urea groups is 1. The highest BCUT2D eigenvalue weighted by molar-refractivity contribution is 6.30. The van der Waals surface area contributed by atoms with Gasteiger partial charge in [0.2, 0.25) is 0 Å². The van der Waals surface area contributed by atoms with Gasteiger partial charge in [0.05, 0.1) is 0 Å². The molecule has 1 aromatic carbocycles. The third-order valence-electron chi connectivity index (χ3n) is 5.19. The molecule has 0 unspecified atom stereocenters. The lowest BCUT2D eigenvalue weighted by molar-refractivity contribution is 0.194. The number of allylic oxidation sites excluding steroid dienone is 1. The summed E-state index contributed by atoms with van der Waals surface area (Å²) < 4.78 is 0. The first-order chi connectivity index (χ1) is 12.1. The number of benzene rings is 1. The fourth-order valence-corrected chi connectivity index (χ4v) is 3.81. The van der Waals surface area contributed by atoms with Crippen LogP contribution in [-0.2, 0) is 0 Å². The van der Waals surface area contributed by atoms with Crippen molar-refractivity contribution in [3.8, 4) is 0 Å². The van der Waals surface area contributed by atoms with Crippen molar-refractivity contribution in [3.63, 3.8) is 0 Å². The number of piperazine rings is 1. The number of hydrogen-bond donors (Lipinski definition) is 1. The highest BCUT2D eigenvalue weighted by atomic mass is 35.5. The number of nitrogens with one attached hydrogen (secondary N) is 1. The van der Waals surface area contributed by atoms with Crippen LogP contribution in [0.1, 0.15) is 37.7 Å². The van der Waals surface area contributed by atoms with Gasteiger partial charge in [-0.3, -0.25) is 0 Å². The SMILES string of the molecule is Cc1ccc(Cl)cc1N1CCN(C(=O)NCCC2=CCCCC2)CC1. The molecule has 2 aliphatic rings. The molecule has 25 heavy (non-hydrogen) atoms. The average molecular weight is 362 g/mol. The Morgan fingerprint density at radius 1 is 1.20 bits per heavy atom. The average Bonchev–Trinajstić information content (AvgIpc) is 2.65. The number of amides is 2. The predicted molar refractivity (Wildman–Crippen MR) is 105 cm³/mol. The summed E-state index contributed by atoms with van der Waals surface area (Å²) in [6.45, 7) is 6.05. The summed E-state index contributed by atoms with van der Waals surface area (Å²) in [4.78, 5) is 16.6. The van der Waals surface area contributed by atoms with Gasteiger partial charge in [-0.15, -0.1) is 0 Å². The van der Waals surface area contributed by atoms with E-state index in [0.29, 0.717) is 0 Å². The Labute approximate surface area is 155 Å². The fraction of sp³-hybridized carbons (Fsp3) is 0.550. The minimum Gasteiger partial charge on any atom is -0.368 e. The van der Waals surface area contributed by atoms with Crippen molar-refractivity contribution in [1.29, 1.82) is 0 Å². The highest BCUT2D eigenvalue weighted by Gasteiger charge is 2.22. The van der Waals surface area contributed by atoms with Gasteiger partial charge in [-0.05, 0) is 56.7 Å². The summed E-state index contributed by atoms with van der Waals surface area (Å²) in [5, 5.41) is 3.84. The van der Waals surface area contributed by atoms with E-state index in [-0.39, 0.29) is 6.03 Å². The van der Waals surface area contributed by atoms with E-state index in [1.165, 1.54) is 42.5 Å². The maximum absolute atomic E-state index is 12.4. The number of aryl methyl sites for hydroxylation is 1. The quantitative estimate of drug-likeness (QED) is 0.808. The molecule has 0 atom stereocenters. The fourth-order valence-electron chi connectivity index (χ4n) is 3.65. The number of halogens is 1. The van der Waals surface area contributed by atoms with Crippen LogP contribution in [0.3, 0.4) is 0 Å². The third-order valence-corrected chi connectivity index (χ3v) is 5.42. The molecule has 0 bridgehead atoms. The van der Waals surface area contributed by atoms with Crippen molar-refractivity contribution < 1.29 is 4.79 Å². The van der Waals surface area contributed by atoms with Crippen LogP contribution in [0, 0.1) is 6.92 Å². The van der Waals surface area contributed by atoms with Crippen LogP contribution in [0.15, 0.2) is 29.8 Å². The van der Waals surface area contributed by atoms with E-state index in [4.69, 9.17) is 11.6 Å². The molecule has 1 heterocycles. The monoisotopic (exact) mass is 361 g/mol. The second-order valence-electron chi connectivity index (χ2n) is 6.99. The van der Waals surface area contributed by atoms with Gasteiger partial charge in [0.1, 0.15) is 0 Å². The second kappa shape index (κ2) is 8.61. The van der Waals surface area contributed by atoms with Crippen molar-refractivity contribution in [2.75, 3.05) is 37.6 Å². The van der Waals surface area contributed by atoms with E-state index < -0.39 is 0 Å². The molecule has 136 valence electrons. The van der Waals surface area contributed by atoms with Crippen LogP contribution in [0.4, 0.5) is 10.5 Å². The highest BCUT2D eigenvalue weighted by Crippen LogP contribution is 2.25. The van der Waals surface area contributed by atoms with Gasteiger partial charge >= 0.3 is 6.03 Å². The minimum absolute atomic E-state index is 0.0684. The maximum atomic E-state index is 12.4. The number of carbonyl (C=O) groups is 1. The van der Waals surface area contributed by atoms with Gasteiger partial charge in [0.15, 0.2) is 0 Å². The Morgan fingerprint density at radius 2 is 2.00 bits per heavy atom. The molecule has 1 aromatic rings. The third kappa shape index (κ3) is 4.91. The first kappa shape index (κ1) is 18.1. The van der Waals surface area contributed by atoms with E-state index in [2.05, 4.69) is 29.3 Å². The maximum Gasteiger partial charge on any atom is 0.317 e. The molecule has 0 radical (unpaired) electrons. The minimum atomic E-state index is 0.0684. The summed E-state index contributed by atoms with van der Waals surface area (Å²) in [5.41, 5.74) is 3.91. The summed E-state index contributed by atoms with van der Waals surface area (Å²) in [6.07, 6.45) is 8.35. The van der Waals surface area contributed by atoms with Gasteiger partial charge in [0.25, 0.3) is 0 Å². The van der Waals surface area contributed by atoms with Gasteiger partial charge < -0.3 is 15.1 Å². The van der Waals surface area contributed by atoms with Crippen LogP contribution < -0.4 is 10.2 Å². The topological polar surface area (TPSA) is 35.6 Å². The molecule has 2 amide bonds. The summed E-state index contributed by atoms with van der Waals surface area (Å²) in [7, 11) is 0. The molecule has 0 aromatic heterocycles. The zero-order valence-electron chi connectivity index (χ0n) is 15.1. The molecule has 1 aliphatic carbocycles. The zero-order valence-corrected chi connectivity index (χ0v) is 15.8. The lowest BCUT2D eigenvalue weighted by Crippen LogP contribution is -2.52. The van der Waals surface area contributed by atoms with E-state index in [1.54, 1.807) is 0 Å². The summed E-state index contributed by atoms with van der Waals surface area (Å²) in [5.74, 6) is 0. The standard InChI is InChI=1S/C20H28ClN3O/c1-16-7-8-18(21)15-19(16)23-11-13-24(14-12-23)20(25)22-10-9-17-5-3-2-4-6-17/h5,7-8,15H,2-4,6,9-14H2,1H3,(H,22,25). The lowest BCUT2D eigenvalue weighted by atomic mass is 9.97. The number of nitrogens with zero attached hydrogens (tertiary/aromatic N) is 2. The van der Waals surface area contributed by atoms with Gasteiger partial charge in [-0.25, -0.2) is 4.79 Å². The Bertz CT molecular complexity index is 636. The Morgan fingerprint density at radius 3 is 2.72 bits per heavy atom. The van der Waals surface area contributed by atoms with Crippen molar-refractivity contribution >= 4 is 23.3 Å². The Kier molecular flexibility index (Phi) is 6.24. The van der Waals surface area contributed by atoms with E-state index in [9.17, 15) is 4.79 Å². The number of anilines is 1. The molecule has 1 aliphatic heterocycles. The van der Waals surface area contributed by atoms with Crippen LogP contribution in [-0.4, -0.2) is 43.7 Å². The van der Waals surface area contributed by atoms with Crippen molar-refractivity contribution in [3.05, 3.63) is 40.4 Å². The number of hydrogen-bond acceptors (Lipinski definition) is 2. The predicted octanol–water partition coefficient (Wildman–Crippen LogP) is 4.37. The van der Waals surface area contributed by atoms with Crippen LogP contribution in [0.5, 0.6) is 0 Å². The van der Waals surface area contributed by atoms with Crippen molar-refractivity contribution in [2.45, 2.75) is 39.0 Å². The Hall–Kier alpha value is -1.68. The molecule has 0 spiro atoms. The first-order valence-corrected chi connectivity index (χ1v) is 9.73. The van der Waals surface area contributed by atoms with Crippen LogP contribution in [0.2, 0.25) is 5.02 Å². The molecule has 1 N–H and O–H groups in total. The summed E-state index contributed by atoms with van der Waals surface area (Å²) in [6, 6.07) is 6.06. The molecule has 1 saturated heterocycles. The van der Waals surface area contributed by atoms with Crippen molar-refractivity contribution in [1.82, 2.24) is 10.2 Å². The van der Waals surface area contributed by atoms with E-state index >= 15 is 0 Å². The molecular formula is C20H28ClN3O. The largest absolute Gasteiger partial charge is 0.368 e. The smallest absolute Gasteiger partial charge is 0.317 e. The van der Waals surface area contributed by atoms with Gasteiger partial charge in [-0.1, -0.05) is 29.3 Å². The van der Waals surface area contributed by atoms with Gasteiger partial charge in [0, 0.05) is 43.4 Å². The number of carbonyl (C=O) groups excluding carboxylic acids is 1. The number of rotatable bonds is 4. The van der Waals surface area contributed by atoms with Crippen LogP contribution >= 0.6 is 11.6 Å². The normalized spacial score (nSPS) is 18.1. The molecular weight excluding hydrogens is 334 g/mol. The van der Waals surface area contributed by atoms with Crippen LogP contribution in [0.25, 0.3) is 0 Å². The van der Waals surface area contributed by atoms with Crippen molar-refractivity contribution in [2.24, 2.45) is 0 Å². The van der Waals surface area contributed by atoms with Gasteiger partial charge in [-0.2, -0.15) is 0 Å².